The first kappa shape index (κ1) is 8.34. The Bertz CT molecular complexity index is 366. The molecule has 13 heavy (non-hydrogen) atoms. The van der Waals surface area contributed by atoms with Crippen LogP contribution in [0.3, 0.4) is 0 Å². The Balaban J connectivity index is 2.54. The van der Waals surface area contributed by atoms with Gasteiger partial charge in [0.05, 0.1) is 5.02 Å². The predicted molar refractivity (Wildman–Crippen MR) is 45.6 cm³/mol. The zero-order chi connectivity index (χ0) is 9.42. The van der Waals surface area contributed by atoms with Crippen LogP contribution in [0.25, 0.3) is 0 Å². The van der Waals surface area contributed by atoms with Crippen molar-refractivity contribution in [2.75, 3.05) is 0 Å². The number of hydrogen-bond acceptors (Lipinski definition) is 3. The number of nitrogens with one attached hydrogen (secondary N) is 1. The number of aliphatic hydroxyl groups excluding tert-OH is 1. The molecule has 1 aromatic rings. The number of halogens is 1. The van der Waals surface area contributed by atoms with Crippen LogP contribution in [0, 0.1) is 0 Å². The van der Waals surface area contributed by atoms with Crippen LogP contribution < -0.4 is 10.1 Å². The van der Waals surface area contributed by atoms with Crippen molar-refractivity contribution in [1.29, 1.82) is 0 Å². The fraction of sp³-hybridized carbons (Fsp3) is 0.125. The largest absolute Gasteiger partial charge is 0.414 e. The number of ether oxygens (including phenoxy) is 1. The van der Waals surface area contributed by atoms with Gasteiger partial charge < -0.3 is 9.84 Å². The van der Waals surface area contributed by atoms with Gasteiger partial charge in [-0.1, -0.05) is 23.7 Å². The minimum Gasteiger partial charge on any atom is -0.408 e. The number of para-hydroxylation sites is 1. The summed E-state index contributed by atoms with van der Waals surface area (Å²) in [5.41, 5.74) is 0.465. The van der Waals surface area contributed by atoms with E-state index in [1.807, 2.05) is 0 Å². The maximum Gasteiger partial charge on any atom is 0.414 e. The smallest absolute Gasteiger partial charge is 0.408 e. The molecule has 1 atom stereocenters. The first-order valence-electron chi connectivity index (χ1n) is 3.63. The normalized spacial score (nSPS) is 20.2. The minimum atomic E-state index is -1.05. The molecule has 0 saturated heterocycles. The molecular formula is C8H6ClNO3. The van der Waals surface area contributed by atoms with Gasteiger partial charge in [0.25, 0.3) is 0 Å². The first-order valence-corrected chi connectivity index (χ1v) is 4.01. The van der Waals surface area contributed by atoms with Crippen molar-refractivity contribution >= 4 is 17.7 Å². The lowest BCUT2D eigenvalue weighted by Gasteiger charge is -2.22. The molecule has 1 aromatic carbocycles. The average molecular weight is 200 g/mol. The van der Waals surface area contributed by atoms with Crippen molar-refractivity contribution in [2.24, 2.45) is 0 Å². The van der Waals surface area contributed by atoms with Gasteiger partial charge >= 0.3 is 6.09 Å². The molecule has 0 bridgehead atoms. The van der Waals surface area contributed by atoms with Crippen molar-refractivity contribution in [1.82, 2.24) is 5.32 Å². The third kappa shape index (κ3) is 1.34. The van der Waals surface area contributed by atoms with Crippen molar-refractivity contribution in [3.05, 3.63) is 28.8 Å². The van der Waals surface area contributed by atoms with Crippen LogP contribution in [0.4, 0.5) is 4.79 Å². The zero-order valence-corrected chi connectivity index (χ0v) is 7.21. The zero-order valence-electron chi connectivity index (χ0n) is 6.45. The average Bonchev–Trinajstić information content (AvgIpc) is 2.07. The summed E-state index contributed by atoms with van der Waals surface area (Å²) in [4.78, 5) is 10.8. The van der Waals surface area contributed by atoms with Crippen LogP contribution in [-0.4, -0.2) is 11.2 Å². The summed E-state index contributed by atoms with van der Waals surface area (Å²) in [5, 5.41) is 11.9. The number of benzene rings is 1. The van der Waals surface area contributed by atoms with Gasteiger partial charge in [0.2, 0.25) is 0 Å². The lowest BCUT2D eigenvalue weighted by atomic mass is 10.1. The highest BCUT2D eigenvalue weighted by molar-refractivity contribution is 6.32. The SMILES string of the molecule is O=C1N[C@@H](O)c2cccc(Cl)c2O1. The first-order chi connectivity index (χ1) is 6.18. The van der Waals surface area contributed by atoms with Gasteiger partial charge in [0.1, 0.15) is 0 Å². The van der Waals surface area contributed by atoms with E-state index in [-0.39, 0.29) is 5.75 Å². The molecule has 0 radical (unpaired) electrons. The second-order valence-corrected chi connectivity index (χ2v) is 3.00. The van der Waals surface area contributed by atoms with Gasteiger partial charge in [0.15, 0.2) is 12.0 Å². The van der Waals surface area contributed by atoms with Crippen LogP contribution in [0.2, 0.25) is 5.02 Å². The standard InChI is InChI=1S/C8H6ClNO3/c9-5-3-1-2-4-6(5)13-8(12)10-7(4)11/h1-3,7,11H,(H,10,12)/t7-/m0/s1. The fourth-order valence-electron chi connectivity index (χ4n) is 1.16. The molecule has 0 aliphatic carbocycles. The van der Waals surface area contributed by atoms with E-state index in [2.05, 4.69) is 5.32 Å². The molecule has 4 nitrogen and oxygen atoms in total. The third-order valence-corrected chi connectivity index (χ3v) is 2.04. The summed E-state index contributed by atoms with van der Waals surface area (Å²) < 4.78 is 4.79. The van der Waals surface area contributed by atoms with Crippen LogP contribution in [0.5, 0.6) is 5.75 Å². The highest BCUT2D eigenvalue weighted by atomic mass is 35.5. The summed E-state index contributed by atoms with van der Waals surface area (Å²) in [6, 6.07) is 4.89. The lowest BCUT2D eigenvalue weighted by Crippen LogP contribution is -2.35. The molecule has 2 N–H and O–H groups in total. The Kier molecular flexibility index (Phi) is 1.86. The number of amides is 1. The van der Waals surface area contributed by atoms with Gasteiger partial charge in [-0.05, 0) is 6.07 Å². The number of hydrogen-bond donors (Lipinski definition) is 2. The fourth-order valence-corrected chi connectivity index (χ4v) is 1.38. The monoisotopic (exact) mass is 199 g/mol. The van der Waals surface area contributed by atoms with Crippen molar-refractivity contribution < 1.29 is 14.6 Å². The topological polar surface area (TPSA) is 58.6 Å². The van der Waals surface area contributed by atoms with E-state index < -0.39 is 12.3 Å². The molecule has 0 aromatic heterocycles. The van der Waals surface area contributed by atoms with E-state index in [0.717, 1.165) is 0 Å². The molecule has 2 rings (SSSR count). The minimum absolute atomic E-state index is 0.223. The van der Waals surface area contributed by atoms with E-state index in [0.29, 0.717) is 10.6 Å². The van der Waals surface area contributed by atoms with Crippen LogP contribution >= 0.6 is 11.6 Å². The molecule has 0 saturated carbocycles. The summed E-state index contributed by atoms with van der Waals surface area (Å²) in [6.07, 6.45) is -1.75. The maximum atomic E-state index is 10.8. The van der Waals surface area contributed by atoms with E-state index in [9.17, 15) is 9.90 Å². The van der Waals surface area contributed by atoms with Gasteiger partial charge in [-0.25, -0.2) is 4.79 Å². The van der Waals surface area contributed by atoms with Crippen LogP contribution in [-0.2, 0) is 0 Å². The summed E-state index contributed by atoms with van der Waals surface area (Å²) >= 11 is 5.76. The van der Waals surface area contributed by atoms with Crippen molar-refractivity contribution in [2.45, 2.75) is 6.23 Å². The third-order valence-electron chi connectivity index (χ3n) is 1.74. The Hall–Kier alpha value is -1.26. The lowest BCUT2D eigenvalue weighted by molar-refractivity contribution is 0.109. The Labute approximate surface area is 79.1 Å². The number of carbonyl (C=O) groups excluding carboxylic acids is 1. The molecule has 68 valence electrons. The molecule has 1 heterocycles. The molecule has 5 heteroatoms. The molecule has 0 fully saturated rings. The number of rotatable bonds is 0. The van der Waals surface area contributed by atoms with E-state index in [4.69, 9.17) is 16.3 Å². The number of aliphatic hydroxyl groups is 1. The Morgan fingerprint density at radius 2 is 2.31 bits per heavy atom. The second kappa shape index (κ2) is 2.90. The van der Waals surface area contributed by atoms with Gasteiger partial charge in [-0.2, -0.15) is 0 Å². The number of fused-ring (bicyclic) bond motifs is 1. The molecular weight excluding hydrogens is 194 g/mol. The summed E-state index contributed by atoms with van der Waals surface area (Å²) in [5.74, 6) is 0.223. The summed E-state index contributed by atoms with van der Waals surface area (Å²) in [6.45, 7) is 0. The van der Waals surface area contributed by atoms with Crippen molar-refractivity contribution in [3.63, 3.8) is 0 Å². The Morgan fingerprint density at radius 3 is 3.08 bits per heavy atom. The molecule has 1 aliphatic rings. The van der Waals surface area contributed by atoms with E-state index in [1.165, 1.54) is 0 Å². The van der Waals surface area contributed by atoms with Gasteiger partial charge in [0, 0.05) is 5.56 Å². The Morgan fingerprint density at radius 1 is 1.54 bits per heavy atom. The second-order valence-electron chi connectivity index (χ2n) is 2.59. The summed E-state index contributed by atoms with van der Waals surface area (Å²) in [7, 11) is 0. The number of carbonyl (C=O) groups is 1. The van der Waals surface area contributed by atoms with Crippen LogP contribution in [0.15, 0.2) is 18.2 Å². The molecule has 1 aliphatic heterocycles. The van der Waals surface area contributed by atoms with Crippen LogP contribution in [0.1, 0.15) is 11.8 Å². The maximum absolute atomic E-state index is 10.8. The quantitative estimate of drug-likeness (QED) is 0.665. The van der Waals surface area contributed by atoms with Crippen molar-refractivity contribution in [3.8, 4) is 5.75 Å². The predicted octanol–water partition coefficient (Wildman–Crippen LogP) is 1.43. The molecule has 0 spiro atoms. The van der Waals surface area contributed by atoms with Gasteiger partial charge in [-0.15, -0.1) is 0 Å². The highest BCUT2D eigenvalue weighted by Gasteiger charge is 2.25. The molecule has 0 unspecified atom stereocenters. The molecule has 1 amide bonds. The highest BCUT2D eigenvalue weighted by Crippen LogP contribution is 2.34. The van der Waals surface area contributed by atoms with Gasteiger partial charge in [-0.3, -0.25) is 5.32 Å². The van der Waals surface area contributed by atoms with E-state index in [1.54, 1.807) is 18.2 Å². The van der Waals surface area contributed by atoms with E-state index >= 15 is 0 Å².